The Morgan fingerprint density at radius 1 is 1.32 bits per heavy atom. The summed E-state index contributed by atoms with van der Waals surface area (Å²) in [6.45, 7) is 13.8. The number of guanidine groups is 1. The number of nitrogens with one attached hydrogen (secondary N) is 2. The van der Waals surface area contributed by atoms with E-state index in [4.69, 9.17) is 9.73 Å². The fourth-order valence-corrected chi connectivity index (χ4v) is 3.62. The molecule has 0 bridgehead atoms. The Morgan fingerprint density at radius 3 is 2.79 bits per heavy atom. The van der Waals surface area contributed by atoms with Gasteiger partial charge in [0.1, 0.15) is 5.75 Å². The van der Waals surface area contributed by atoms with Crippen molar-refractivity contribution in [2.75, 3.05) is 39.8 Å². The Labute approximate surface area is 188 Å². The average Bonchev–Trinajstić information content (AvgIpc) is 2.67. The predicted octanol–water partition coefficient (Wildman–Crippen LogP) is 3.84. The number of hydrogen-bond donors (Lipinski definition) is 2. The highest BCUT2D eigenvalue weighted by Gasteiger charge is 2.21. The summed E-state index contributed by atoms with van der Waals surface area (Å²) in [6.07, 6.45) is 3.53. The van der Waals surface area contributed by atoms with Gasteiger partial charge in [-0.15, -0.1) is 24.0 Å². The summed E-state index contributed by atoms with van der Waals surface area (Å²) >= 11 is 0. The second-order valence-corrected chi connectivity index (χ2v) is 7.80. The molecule has 1 aromatic carbocycles. The van der Waals surface area contributed by atoms with Crippen molar-refractivity contribution in [2.24, 2.45) is 10.9 Å². The maximum Gasteiger partial charge on any atom is 0.191 e. The van der Waals surface area contributed by atoms with Crippen molar-refractivity contribution in [3.05, 3.63) is 29.3 Å². The number of piperidine rings is 1. The molecule has 0 amide bonds. The van der Waals surface area contributed by atoms with E-state index in [1.165, 1.54) is 37.1 Å². The van der Waals surface area contributed by atoms with Gasteiger partial charge in [0.2, 0.25) is 0 Å². The van der Waals surface area contributed by atoms with Crippen molar-refractivity contribution < 1.29 is 4.74 Å². The van der Waals surface area contributed by atoms with Crippen molar-refractivity contribution in [3.8, 4) is 5.75 Å². The van der Waals surface area contributed by atoms with Gasteiger partial charge in [0.25, 0.3) is 0 Å². The molecule has 28 heavy (non-hydrogen) atoms. The normalized spacial score (nSPS) is 17.9. The molecule has 0 aliphatic carbocycles. The van der Waals surface area contributed by atoms with Crippen LogP contribution in [0.15, 0.2) is 23.2 Å². The minimum Gasteiger partial charge on any atom is -0.496 e. The lowest BCUT2D eigenvalue weighted by molar-refractivity contribution is 0.143. The number of hydrogen-bond acceptors (Lipinski definition) is 3. The van der Waals surface area contributed by atoms with Crippen LogP contribution in [0.5, 0.6) is 5.75 Å². The van der Waals surface area contributed by atoms with E-state index in [1.807, 2.05) is 0 Å². The first-order chi connectivity index (χ1) is 13.0. The third kappa shape index (κ3) is 8.15. The highest BCUT2D eigenvalue weighted by molar-refractivity contribution is 14.0. The number of rotatable bonds is 8. The number of aliphatic imine (C=N–C) groups is 1. The molecule has 6 heteroatoms. The molecule has 1 atom stereocenters. The topological polar surface area (TPSA) is 48.9 Å². The van der Waals surface area contributed by atoms with Crippen molar-refractivity contribution >= 4 is 29.9 Å². The molecule has 0 saturated carbocycles. The lowest BCUT2D eigenvalue weighted by Gasteiger charge is -2.34. The van der Waals surface area contributed by atoms with Crippen LogP contribution in [0.4, 0.5) is 0 Å². The summed E-state index contributed by atoms with van der Waals surface area (Å²) < 4.78 is 5.42. The maximum absolute atomic E-state index is 5.42. The van der Waals surface area contributed by atoms with Gasteiger partial charge in [-0.2, -0.15) is 0 Å². The van der Waals surface area contributed by atoms with Crippen LogP contribution in [0.3, 0.4) is 0 Å². The van der Waals surface area contributed by atoms with Gasteiger partial charge >= 0.3 is 0 Å². The van der Waals surface area contributed by atoms with Crippen LogP contribution in [-0.4, -0.2) is 56.7 Å². The van der Waals surface area contributed by atoms with Crippen molar-refractivity contribution in [2.45, 2.75) is 53.0 Å². The van der Waals surface area contributed by atoms with E-state index in [9.17, 15) is 0 Å². The number of nitrogens with zero attached hydrogens (tertiary/aromatic N) is 2. The first kappa shape index (κ1) is 25.0. The highest BCUT2D eigenvalue weighted by atomic mass is 127. The zero-order valence-electron chi connectivity index (χ0n) is 18.3. The van der Waals surface area contributed by atoms with Crippen LogP contribution in [-0.2, 0) is 6.42 Å². The lowest BCUT2D eigenvalue weighted by Crippen LogP contribution is -2.42. The Balaban J connectivity index is 0.00000392. The molecule has 2 N–H and O–H groups in total. The minimum atomic E-state index is 0. The molecule has 0 radical (unpaired) electrons. The number of halogens is 1. The Kier molecular flexibility index (Phi) is 11.8. The molecule has 0 spiro atoms. The predicted molar refractivity (Wildman–Crippen MR) is 130 cm³/mol. The summed E-state index contributed by atoms with van der Waals surface area (Å²) in [7, 11) is 1.73. The van der Waals surface area contributed by atoms with Crippen molar-refractivity contribution in [1.29, 1.82) is 0 Å². The van der Waals surface area contributed by atoms with E-state index in [-0.39, 0.29) is 24.0 Å². The molecule has 5 nitrogen and oxygen atoms in total. The highest BCUT2D eigenvalue weighted by Crippen LogP contribution is 2.19. The molecule has 1 aromatic rings. The van der Waals surface area contributed by atoms with Crippen LogP contribution in [0.2, 0.25) is 0 Å². The minimum absolute atomic E-state index is 0. The summed E-state index contributed by atoms with van der Waals surface area (Å²) in [5, 5.41) is 6.85. The Morgan fingerprint density at radius 2 is 2.11 bits per heavy atom. The van der Waals surface area contributed by atoms with Gasteiger partial charge in [0.05, 0.1) is 7.11 Å². The van der Waals surface area contributed by atoms with Gasteiger partial charge in [-0.1, -0.05) is 12.1 Å². The van der Waals surface area contributed by atoms with Gasteiger partial charge < -0.3 is 20.3 Å². The second kappa shape index (κ2) is 13.2. The van der Waals surface area contributed by atoms with E-state index >= 15 is 0 Å². The molecular weight excluding hydrogens is 463 g/mol. The van der Waals surface area contributed by atoms with E-state index in [0.29, 0.717) is 12.0 Å². The van der Waals surface area contributed by atoms with Crippen LogP contribution in [0.1, 0.15) is 44.7 Å². The second-order valence-electron chi connectivity index (χ2n) is 7.80. The number of aryl methyl sites for hydroxylation is 1. The quantitative estimate of drug-likeness (QED) is 0.322. The fourth-order valence-electron chi connectivity index (χ4n) is 3.62. The van der Waals surface area contributed by atoms with Crippen LogP contribution in [0, 0.1) is 12.8 Å². The lowest BCUT2D eigenvalue weighted by atomic mass is 9.97. The molecular formula is C22H39IN4O. The summed E-state index contributed by atoms with van der Waals surface area (Å²) in [5.74, 6) is 2.55. The Bertz CT molecular complexity index is 606. The van der Waals surface area contributed by atoms with E-state index in [2.05, 4.69) is 61.4 Å². The molecule has 1 aliphatic rings. The molecule has 160 valence electrons. The van der Waals surface area contributed by atoms with Gasteiger partial charge in [-0.3, -0.25) is 4.99 Å². The van der Waals surface area contributed by atoms with E-state index in [0.717, 1.165) is 37.8 Å². The number of likely N-dealkylation sites (tertiary alicyclic amines) is 1. The standard InChI is InChI=1S/C22H38N4O.HI/c1-6-23-22(25-15-20-8-7-13-26(16-20)17(2)3)24-12-11-19-10-9-18(4)21(14-19)27-5;/h9-10,14,17,20H,6-8,11-13,15-16H2,1-5H3,(H2,23,24,25);1H. The first-order valence-electron chi connectivity index (χ1n) is 10.4. The molecule has 2 rings (SSSR count). The van der Waals surface area contributed by atoms with Gasteiger partial charge in [-0.05, 0) is 76.6 Å². The van der Waals surface area contributed by atoms with Gasteiger partial charge in [0, 0.05) is 32.2 Å². The summed E-state index contributed by atoms with van der Waals surface area (Å²) in [4.78, 5) is 7.43. The number of ether oxygens (including phenoxy) is 1. The molecule has 1 fully saturated rings. The van der Waals surface area contributed by atoms with Crippen LogP contribution in [0.25, 0.3) is 0 Å². The van der Waals surface area contributed by atoms with E-state index < -0.39 is 0 Å². The van der Waals surface area contributed by atoms with Crippen molar-refractivity contribution in [3.63, 3.8) is 0 Å². The van der Waals surface area contributed by atoms with Crippen molar-refractivity contribution in [1.82, 2.24) is 15.5 Å². The first-order valence-corrected chi connectivity index (χ1v) is 10.4. The molecule has 0 aromatic heterocycles. The third-order valence-corrected chi connectivity index (χ3v) is 5.31. The largest absolute Gasteiger partial charge is 0.496 e. The Hall–Kier alpha value is -1.02. The third-order valence-electron chi connectivity index (χ3n) is 5.31. The van der Waals surface area contributed by atoms with Crippen LogP contribution >= 0.6 is 24.0 Å². The zero-order valence-corrected chi connectivity index (χ0v) is 20.6. The average molecular weight is 502 g/mol. The maximum atomic E-state index is 5.42. The summed E-state index contributed by atoms with van der Waals surface area (Å²) in [5.41, 5.74) is 2.45. The van der Waals surface area contributed by atoms with Gasteiger partial charge in [0.15, 0.2) is 5.96 Å². The monoisotopic (exact) mass is 502 g/mol. The summed E-state index contributed by atoms with van der Waals surface area (Å²) in [6, 6.07) is 7.06. The molecule has 1 heterocycles. The SMILES string of the molecule is CCNC(=NCC1CCCN(C(C)C)C1)NCCc1ccc(C)c(OC)c1.I. The molecule has 1 aliphatic heterocycles. The number of benzene rings is 1. The van der Waals surface area contributed by atoms with E-state index in [1.54, 1.807) is 7.11 Å². The smallest absolute Gasteiger partial charge is 0.191 e. The zero-order chi connectivity index (χ0) is 19.6. The molecule has 1 saturated heterocycles. The molecule has 1 unspecified atom stereocenters. The van der Waals surface area contributed by atoms with Gasteiger partial charge in [-0.25, -0.2) is 0 Å². The fraction of sp³-hybridized carbons (Fsp3) is 0.682. The van der Waals surface area contributed by atoms with Crippen LogP contribution < -0.4 is 15.4 Å². The number of methoxy groups -OCH3 is 1.